The molecule has 1 fully saturated rings. The molecule has 118 valence electrons. The molecular weight excluding hydrogens is 254 g/mol. The number of hydrogen-bond donors (Lipinski definition) is 3. The largest absolute Gasteiger partial charge is 0.388 e. The zero-order valence-corrected chi connectivity index (χ0v) is 13.1. The lowest BCUT2D eigenvalue weighted by Crippen LogP contribution is -2.47. The topological polar surface area (TPSA) is 64.6 Å². The zero-order chi connectivity index (χ0) is 14.8. The Morgan fingerprint density at radius 3 is 2.40 bits per heavy atom. The first kappa shape index (κ1) is 17.2. The summed E-state index contributed by atoms with van der Waals surface area (Å²) < 4.78 is 0. The number of carbonyl (C=O) groups excluding carboxylic acids is 1. The van der Waals surface area contributed by atoms with Crippen LogP contribution in [0.4, 0.5) is 4.79 Å². The second kappa shape index (κ2) is 9.19. The van der Waals surface area contributed by atoms with Crippen LogP contribution in [0.3, 0.4) is 0 Å². The molecule has 0 atom stereocenters. The lowest BCUT2D eigenvalue weighted by molar-refractivity contribution is 0.00720. The fourth-order valence-electron chi connectivity index (χ4n) is 2.74. The molecule has 2 amide bonds. The Morgan fingerprint density at radius 2 is 1.80 bits per heavy atom. The Bertz CT molecular complexity index is 274. The van der Waals surface area contributed by atoms with Gasteiger partial charge in [-0.2, -0.15) is 0 Å². The molecule has 3 N–H and O–H groups in total. The van der Waals surface area contributed by atoms with Crippen molar-refractivity contribution in [2.45, 2.75) is 58.0 Å². The molecule has 0 heterocycles. The lowest BCUT2D eigenvalue weighted by atomic mass is 9.85. The molecule has 5 heteroatoms. The highest BCUT2D eigenvalue weighted by Crippen LogP contribution is 2.27. The van der Waals surface area contributed by atoms with Gasteiger partial charge in [-0.05, 0) is 38.9 Å². The molecule has 5 nitrogen and oxygen atoms in total. The minimum atomic E-state index is -0.684. The number of urea groups is 1. The summed E-state index contributed by atoms with van der Waals surface area (Å²) in [7, 11) is 0. The molecule has 1 aliphatic rings. The Kier molecular flexibility index (Phi) is 7.92. The van der Waals surface area contributed by atoms with E-state index in [4.69, 9.17) is 0 Å². The molecule has 0 unspecified atom stereocenters. The van der Waals surface area contributed by atoms with E-state index in [2.05, 4.69) is 29.4 Å². The number of nitrogens with one attached hydrogen (secondary N) is 2. The monoisotopic (exact) mass is 285 g/mol. The van der Waals surface area contributed by atoms with E-state index in [0.717, 1.165) is 51.7 Å². The number of hydrogen-bond acceptors (Lipinski definition) is 3. The third-order valence-electron chi connectivity index (χ3n) is 4.19. The number of carbonyl (C=O) groups is 1. The molecule has 20 heavy (non-hydrogen) atoms. The lowest BCUT2D eigenvalue weighted by Gasteiger charge is -2.32. The summed E-state index contributed by atoms with van der Waals surface area (Å²) in [6.45, 7) is 8.46. The van der Waals surface area contributed by atoms with Gasteiger partial charge in [-0.3, -0.25) is 0 Å². The molecule has 0 spiro atoms. The summed E-state index contributed by atoms with van der Waals surface area (Å²) >= 11 is 0. The summed E-state index contributed by atoms with van der Waals surface area (Å²) in [5.74, 6) is 0. The van der Waals surface area contributed by atoms with E-state index in [1.54, 1.807) is 0 Å². The molecule has 0 aromatic rings. The van der Waals surface area contributed by atoms with Crippen molar-refractivity contribution in [2.75, 3.05) is 32.7 Å². The summed E-state index contributed by atoms with van der Waals surface area (Å²) in [6, 6.07) is -0.163. The second-order valence-electron chi connectivity index (χ2n) is 5.77. The van der Waals surface area contributed by atoms with Crippen molar-refractivity contribution in [3.63, 3.8) is 0 Å². The molecule has 0 saturated heterocycles. The van der Waals surface area contributed by atoms with Crippen LogP contribution in [0.1, 0.15) is 52.4 Å². The second-order valence-corrected chi connectivity index (χ2v) is 5.77. The molecule has 0 aromatic heterocycles. The van der Waals surface area contributed by atoms with Gasteiger partial charge in [0.25, 0.3) is 0 Å². The van der Waals surface area contributed by atoms with Crippen LogP contribution in [-0.4, -0.2) is 54.4 Å². The van der Waals surface area contributed by atoms with Gasteiger partial charge in [-0.1, -0.05) is 33.1 Å². The Hall–Kier alpha value is -0.810. The number of amides is 2. The number of rotatable bonds is 8. The highest BCUT2D eigenvalue weighted by molar-refractivity contribution is 5.73. The molecule has 1 saturated carbocycles. The summed E-state index contributed by atoms with van der Waals surface area (Å²) in [5.41, 5.74) is -0.684. The van der Waals surface area contributed by atoms with Crippen LogP contribution in [0.2, 0.25) is 0 Å². The van der Waals surface area contributed by atoms with E-state index in [9.17, 15) is 9.90 Å². The standard InChI is InChI=1S/C15H31N3O2/c1-3-18(4-2)12-8-11-16-14(19)17-13-15(20)9-6-5-7-10-15/h20H,3-13H2,1-2H3,(H2,16,17,19). The van der Waals surface area contributed by atoms with Crippen molar-refractivity contribution in [2.24, 2.45) is 0 Å². The first-order valence-electron chi connectivity index (χ1n) is 8.06. The van der Waals surface area contributed by atoms with E-state index in [1.807, 2.05) is 0 Å². The van der Waals surface area contributed by atoms with Crippen LogP contribution in [0, 0.1) is 0 Å². The van der Waals surface area contributed by atoms with Gasteiger partial charge in [-0.15, -0.1) is 0 Å². The van der Waals surface area contributed by atoms with E-state index >= 15 is 0 Å². The summed E-state index contributed by atoms with van der Waals surface area (Å²) in [4.78, 5) is 14.0. The first-order valence-corrected chi connectivity index (χ1v) is 8.06. The highest BCUT2D eigenvalue weighted by atomic mass is 16.3. The maximum Gasteiger partial charge on any atom is 0.314 e. The Labute approximate surface area is 123 Å². The predicted octanol–water partition coefficient (Wildman–Crippen LogP) is 1.71. The molecule has 1 rings (SSSR count). The third kappa shape index (κ3) is 6.57. The van der Waals surface area contributed by atoms with Crippen molar-refractivity contribution in [3.05, 3.63) is 0 Å². The zero-order valence-electron chi connectivity index (χ0n) is 13.1. The first-order chi connectivity index (χ1) is 9.59. The Balaban J connectivity index is 2.08. The maximum absolute atomic E-state index is 11.7. The van der Waals surface area contributed by atoms with Gasteiger partial charge < -0.3 is 20.6 Å². The minimum Gasteiger partial charge on any atom is -0.388 e. The molecule has 1 aliphatic carbocycles. The van der Waals surface area contributed by atoms with E-state index in [1.165, 1.54) is 6.42 Å². The minimum absolute atomic E-state index is 0.163. The van der Waals surface area contributed by atoms with Crippen LogP contribution >= 0.6 is 0 Å². The van der Waals surface area contributed by atoms with Crippen LogP contribution in [-0.2, 0) is 0 Å². The fourth-order valence-corrected chi connectivity index (χ4v) is 2.74. The van der Waals surface area contributed by atoms with Gasteiger partial charge in [0.2, 0.25) is 0 Å². The van der Waals surface area contributed by atoms with Crippen LogP contribution in [0.25, 0.3) is 0 Å². The number of nitrogens with zero attached hydrogens (tertiary/aromatic N) is 1. The summed E-state index contributed by atoms with van der Waals surface area (Å²) in [5, 5.41) is 15.9. The highest BCUT2D eigenvalue weighted by Gasteiger charge is 2.29. The van der Waals surface area contributed by atoms with Crippen LogP contribution < -0.4 is 10.6 Å². The molecule has 0 radical (unpaired) electrons. The van der Waals surface area contributed by atoms with Crippen molar-refractivity contribution < 1.29 is 9.90 Å². The third-order valence-corrected chi connectivity index (χ3v) is 4.19. The quantitative estimate of drug-likeness (QED) is 0.595. The summed E-state index contributed by atoms with van der Waals surface area (Å²) in [6.07, 6.45) is 5.87. The van der Waals surface area contributed by atoms with Crippen molar-refractivity contribution >= 4 is 6.03 Å². The molecular formula is C15H31N3O2. The molecule has 0 aromatic carbocycles. The van der Waals surface area contributed by atoms with E-state index in [0.29, 0.717) is 13.1 Å². The van der Waals surface area contributed by atoms with E-state index in [-0.39, 0.29) is 6.03 Å². The number of aliphatic hydroxyl groups is 1. The van der Waals surface area contributed by atoms with Crippen LogP contribution in [0.15, 0.2) is 0 Å². The SMILES string of the molecule is CCN(CC)CCCNC(=O)NCC1(O)CCCCC1. The normalized spacial score (nSPS) is 18.0. The van der Waals surface area contributed by atoms with Crippen molar-refractivity contribution in [1.82, 2.24) is 15.5 Å². The van der Waals surface area contributed by atoms with Crippen molar-refractivity contribution in [1.29, 1.82) is 0 Å². The van der Waals surface area contributed by atoms with Crippen LogP contribution in [0.5, 0.6) is 0 Å². The van der Waals surface area contributed by atoms with Gasteiger partial charge in [0.05, 0.1) is 5.60 Å². The predicted molar refractivity (Wildman–Crippen MR) is 81.8 cm³/mol. The average Bonchev–Trinajstić information content (AvgIpc) is 2.46. The smallest absolute Gasteiger partial charge is 0.314 e. The average molecular weight is 285 g/mol. The molecule has 0 aliphatic heterocycles. The van der Waals surface area contributed by atoms with Crippen molar-refractivity contribution in [3.8, 4) is 0 Å². The van der Waals surface area contributed by atoms with Gasteiger partial charge in [0, 0.05) is 13.1 Å². The van der Waals surface area contributed by atoms with Gasteiger partial charge in [0.15, 0.2) is 0 Å². The van der Waals surface area contributed by atoms with Gasteiger partial charge in [-0.25, -0.2) is 4.79 Å². The fraction of sp³-hybridized carbons (Fsp3) is 0.933. The maximum atomic E-state index is 11.7. The van der Waals surface area contributed by atoms with E-state index < -0.39 is 5.60 Å². The van der Waals surface area contributed by atoms with Gasteiger partial charge in [0.1, 0.15) is 0 Å². The van der Waals surface area contributed by atoms with Gasteiger partial charge >= 0.3 is 6.03 Å². The molecule has 0 bridgehead atoms. The Morgan fingerprint density at radius 1 is 1.15 bits per heavy atom.